The molecule has 0 spiro atoms. The van der Waals surface area contributed by atoms with Crippen LogP contribution in [0.5, 0.6) is 0 Å². The van der Waals surface area contributed by atoms with Gasteiger partial charge in [0, 0.05) is 30.6 Å². The first-order valence-corrected chi connectivity index (χ1v) is 8.04. The molecule has 0 atom stereocenters. The van der Waals surface area contributed by atoms with Crippen molar-refractivity contribution in [2.75, 3.05) is 18.0 Å². The molecule has 1 aliphatic heterocycles. The van der Waals surface area contributed by atoms with Crippen LogP contribution >= 0.6 is 11.6 Å². The van der Waals surface area contributed by atoms with E-state index in [-0.39, 0.29) is 0 Å². The zero-order valence-electron chi connectivity index (χ0n) is 12.7. The summed E-state index contributed by atoms with van der Waals surface area (Å²) in [5.74, 6) is 2.74. The topological polar surface area (TPSA) is 67.9 Å². The lowest BCUT2D eigenvalue weighted by Crippen LogP contribution is -2.33. The summed E-state index contributed by atoms with van der Waals surface area (Å²) in [6, 6.07) is 5.92. The average molecular weight is 330 g/mol. The minimum Gasteiger partial charge on any atom is -0.356 e. The van der Waals surface area contributed by atoms with Crippen molar-refractivity contribution in [2.45, 2.75) is 25.7 Å². The Labute approximate surface area is 138 Å². The first-order valence-electron chi connectivity index (χ1n) is 7.66. The van der Waals surface area contributed by atoms with Crippen LogP contribution in [0.3, 0.4) is 0 Å². The van der Waals surface area contributed by atoms with Gasteiger partial charge in [-0.2, -0.15) is 4.98 Å². The molecule has 7 heteroatoms. The molecular formula is C16H16ClN5O. The van der Waals surface area contributed by atoms with Crippen molar-refractivity contribution in [3.05, 3.63) is 41.1 Å². The lowest BCUT2D eigenvalue weighted by atomic mass is 9.97. The monoisotopic (exact) mass is 329 g/mol. The summed E-state index contributed by atoms with van der Waals surface area (Å²) in [4.78, 5) is 15.6. The number of pyridine rings is 2. The molecule has 0 aliphatic carbocycles. The molecule has 0 N–H and O–H groups in total. The lowest BCUT2D eigenvalue weighted by molar-refractivity contribution is 0.327. The Balaban J connectivity index is 1.50. The van der Waals surface area contributed by atoms with Gasteiger partial charge in [0.25, 0.3) is 0 Å². The van der Waals surface area contributed by atoms with Crippen molar-refractivity contribution in [2.24, 2.45) is 0 Å². The number of aromatic nitrogens is 4. The second-order valence-corrected chi connectivity index (χ2v) is 6.25. The van der Waals surface area contributed by atoms with E-state index in [0.29, 0.717) is 16.8 Å². The highest BCUT2D eigenvalue weighted by Crippen LogP contribution is 2.29. The molecule has 4 heterocycles. The second kappa shape index (κ2) is 5.77. The molecule has 1 aliphatic rings. The smallest absolute Gasteiger partial charge is 0.229 e. The van der Waals surface area contributed by atoms with Gasteiger partial charge < -0.3 is 9.42 Å². The summed E-state index contributed by atoms with van der Waals surface area (Å²) >= 11 is 5.96. The Morgan fingerprint density at radius 1 is 1.22 bits per heavy atom. The largest absolute Gasteiger partial charge is 0.356 e. The number of hydrogen-bond donors (Lipinski definition) is 0. The third kappa shape index (κ3) is 2.86. The number of rotatable bonds is 2. The number of hydrogen-bond acceptors (Lipinski definition) is 6. The molecule has 0 radical (unpaired) electrons. The third-order valence-corrected chi connectivity index (χ3v) is 4.41. The van der Waals surface area contributed by atoms with Gasteiger partial charge in [0.1, 0.15) is 5.82 Å². The summed E-state index contributed by atoms with van der Waals surface area (Å²) in [6.45, 7) is 3.68. The number of fused-ring (bicyclic) bond motifs is 1. The van der Waals surface area contributed by atoms with Crippen LogP contribution in [0, 0.1) is 6.92 Å². The molecule has 6 nitrogen and oxygen atoms in total. The summed E-state index contributed by atoms with van der Waals surface area (Å²) in [5.41, 5.74) is 0.724. The van der Waals surface area contributed by atoms with E-state index < -0.39 is 0 Å². The molecule has 0 amide bonds. The van der Waals surface area contributed by atoms with Gasteiger partial charge in [-0.3, -0.25) is 0 Å². The molecule has 0 saturated carbocycles. The predicted molar refractivity (Wildman–Crippen MR) is 87.8 cm³/mol. The summed E-state index contributed by atoms with van der Waals surface area (Å²) < 4.78 is 5.30. The fraction of sp³-hybridized carbons (Fsp3) is 0.375. The van der Waals surface area contributed by atoms with E-state index in [0.717, 1.165) is 48.7 Å². The Morgan fingerprint density at radius 2 is 2.04 bits per heavy atom. The standard InChI is InChI=1S/C16H16ClN5O/c1-10-19-16(23-21-10)11-4-6-22(7-5-11)14-3-2-12-8-13(17)9-18-15(12)20-14/h2-3,8-9,11H,4-7H2,1H3. The fourth-order valence-electron chi connectivity index (χ4n) is 2.98. The summed E-state index contributed by atoms with van der Waals surface area (Å²) in [6.07, 6.45) is 3.59. The number of aryl methyl sites for hydroxylation is 1. The van der Waals surface area contributed by atoms with Crippen molar-refractivity contribution in [1.29, 1.82) is 0 Å². The molecule has 0 aromatic carbocycles. The van der Waals surface area contributed by atoms with Crippen LogP contribution < -0.4 is 4.90 Å². The van der Waals surface area contributed by atoms with Crippen LogP contribution in [-0.4, -0.2) is 33.2 Å². The molecule has 4 rings (SSSR count). The minimum absolute atomic E-state index is 0.338. The minimum atomic E-state index is 0.338. The molecule has 3 aromatic rings. The SMILES string of the molecule is Cc1noc(C2CCN(c3ccc4cc(Cl)cnc4n3)CC2)n1. The maximum atomic E-state index is 5.96. The highest BCUT2D eigenvalue weighted by atomic mass is 35.5. The molecule has 0 unspecified atom stereocenters. The van der Waals surface area contributed by atoms with Gasteiger partial charge >= 0.3 is 0 Å². The predicted octanol–water partition coefficient (Wildman–Crippen LogP) is 3.36. The third-order valence-electron chi connectivity index (χ3n) is 4.21. The van der Waals surface area contributed by atoms with Crippen LogP contribution in [0.2, 0.25) is 5.02 Å². The average Bonchev–Trinajstić information content (AvgIpc) is 3.01. The zero-order chi connectivity index (χ0) is 15.8. The van der Waals surface area contributed by atoms with Crippen molar-refractivity contribution >= 4 is 28.5 Å². The van der Waals surface area contributed by atoms with E-state index in [2.05, 4.69) is 25.0 Å². The Hall–Kier alpha value is -2.21. The molecular weight excluding hydrogens is 314 g/mol. The molecule has 1 fully saturated rings. The summed E-state index contributed by atoms with van der Waals surface area (Å²) in [5, 5.41) is 5.46. The highest BCUT2D eigenvalue weighted by Gasteiger charge is 2.25. The number of nitrogens with zero attached hydrogens (tertiary/aromatic N) is 5. The summed E-state index contributed by atoms with van der Waals surface area (Å²) in [7, 11) is 0. The second-order valence-electron chi connectivity index (χ2n) is 5.81. The van der Waals surface area contributed by atoms with Crippen LogP contribution in [0.1, 0.15) is 30.5 Å². The maximum Gasteiger partial charge on any atom is 0.229 e. The number of piperidine rings is 1. The quantitative estimate of drug-likeness (QED) is 0.718. The van der Waals surface area contributed by atoms with Gasteiger partial charge in [-0.05, 0) is 38.0 Å². The number of anilines is 1. The van der Waals surface area contributed by atoms with Gasteiger partial charge in [0.15, 0.2) is 11.5 Å². The van der Waals surface area contributed by atoms with Gasteiger partial charge in [0.05, 0.1) is 5.02 Å². The van der Waals surface area contributed by atoms with Gasteiger partial charge in [-0.1, -0.05) is 16.8 Å². The van der Waals surface area contributed by atoms with E-state index in [9.17, 15) is 0 Å². The van der Waals surface area contributed by atoms with Crippen LogP contribution in [-0.2, 0) is 0 Å². The van der Waals surface area contributed by atoms with E-state index >= 15 is 0 Å². The lowest BCUT2D eigenvalue weighted by Gasteiger charge is -2.31. The first kappa shape index (κ1) is 14.4. The van der Waals surface area contributed by atoms with Crippen molar-refractivity contribution < 1.29 is 4.52 Å². The molecule has 1 saturated heterocycles. The maximum absolute atomic E-state index is 5.96. The Bertz CT molecular complexity index is 841. The van der Waals surface area contributed by atoms with Gasteiger partial charge in [-0.25, -0.2) is 9.97 Å². The van der Waals surface area contributed by atoms with E-state index in [1.165, 1.54) is 0 Å². The van der Waals surface area contributed by atoms with Crippen LogP contribution in [0.25, 0.3) is 11.0 Å². The van der Waals surface area contributed by atoms with E-state index in [1.807, 2.05) is 25.1 Å². The molecule has 23 heavy (non-hydrogen) atoms. The zero-order valence-corrected chi connectivity index (χ0v) is 13.5. The Kier molecular flexibility index (Phi) is 3.61. The fourth-order valence-corrected chi connectivity index (χ4v) is 3.15. The highest BCUT2D eigenvalue weighted by molar-refractivity contribution is 6.31. The molecule has 0 bridgehead atoms. The van der Waals surface area contributed by atoms with Gasteiger partial charge in [-0.15, -0.1) is 0 Å². The van der Waals surface area contributed by atoms with Crippen LogP contribution in [0.4, 0.5) is 5.82 Å². The normalized spacial score (nSPS) is 16.2. The molecule has 118 valence electrons. The molecule has 3 aromatic heterocycles. The Morgan fingerprint density at radius 3 is 2.78 bits per heavy atom. The van der Waals surface area contributed by atoms with Crippen molar-refractivity contribution in [3.63, 3.8) is 0 Å². The van der Waals surface area contributed by atoms with Crippen molar-refractivity contribution in [1.82, 2.24) is 20.1 Å². The van der Waals surface area contributed by atoms with Gasteiger partial charge in [0.2, 0.25) is 5.89 Å². The number of halogens is 1. The van der Waals surface area contributed by atoms with E-state index in [1.54, 1.807) is 6.20 Å². The van der Waals surface area contributed by atoms with Crippen molar-refractivity contribution in [3.8, 4) is 0 Å². The first-order chi connectivity index (χ1) is 11.2. The van der Waals surface area contributed by atoms with Crippen LogP contribution in [0.15, 0.2) is 28.9 Å². The van der Waals surface area contributed by atoms with E-state index in [4.69, 9.17) is 16.1 Å².